The van der Waals surface area contributed by atoms with Gasteiger partial charge in [0.05, 0.1) is 0 Å². The number of carbonyl (C=O) groups is 2. The van der Waals surface area contributed by atoms with Gasteiger partial charge < -0.3 is 4.74 Å². The molecule has 5 nitrogen and oxygen atoms in total. The molecule has 1 saturated heterocycles. The number of fused-ring (bicyclic) bond motifs is 3. The highest BCUT2D eigenvalue weighted by Gasteiger charge is 2.39. The van der Waals surface area contributed by atoms with Crippen molar-refractivity contribution in [2.75, 3.05) is 13.1 Å². The van der Waals surface area contributed by atoms with Gasteiger partial charge in [-0.25, -0.2) is 0 Å². The van der Waals surface area contributed by atoms with Crippen LogP contribution >= 0.6 is 34.9 Å². The van der Waals surface area contributed by atoms with Crippen LogP contribution in [0.3, 0.4) is 0 Å². The number of rotatable bonds is 11. The molecule has 1 fully saturated rings. The van der Waals surface area contributed by atoms with Crippen LogP contribution in [0.15, 0.2) is 96.1 Å². The predicted octanol–water partition coefficient (Wildman–Crippen LogP) is 10.8. The van der Waals surface area contributed by atoms with Crippen LogP contribution in [0.5, 0.6) is 0 Å². The Morgan fingerprint density at radius 2 is 1.24 bits per heavy atom. The third-order valence-corrected chi connectivity index (χ3v) is 12.2. The van der Waals surface area contributed by atoms with Crippen molar-refractivity contribution in [3.05, 3.63) is 128 Å². The van der Waals surface area contributed by atoms with Gasteiger partial charge in [0.2, 0.25) is 0 Å². The number of hydrogen-bond donors (Lipinski definition) is 0. The first-order valence-electron chi connectivity index (χ1n) is 17.5. The number of likely N-dealkylation sites (N-methyl/N-ethyl adjacent to an activating group) is 2. The first-order valence-corrected chi connectivity index (χ1v) is 19.5. The smallest absolute Gasteiger partial charge is 0.265 e. The number of amides is 2. The monoisotopic (exact) mass is 716 g/mol. The van der Waals surface area contributed by atoms with Gasteiger partial charge >= 0.3 is 0 Å². The van der Waals surface area contributed by atoms with Gasteiger partial charge in [0.1, 0.15) is 17.1 Å². The summed E-state index contributed by atoms with van der Waals surface area (Å²) < 4.78 is 6.45. The summed E-state index contributed by atoms with van der Waals surface area (Å²) in [5.74, 6) is 1.30. The second-order valence-corrected chi connectivity index (χ2v) is 15.2. The molecule has 2 amide bonds. The first kappa shape index (κ1) is 34.1. The Labute approximate surface area is 307 Å². The topological polar surface area (TPSA) is 49.9 Å². The van der Waals surface area contributed by atoms with Gasteiger partial charge in [-0.2, -0.15) is 0 Å². The number of nitrogens with zero attached hydrogens (tertiary/aromatic N) is 2. The summed E-state index contributed by atoms with van der Waals surface area (Å²) in [6.45, 7) is 6.86. The van der Waals surface area contributed by atoms with Crippen molar-refractivity contribution in [3.8, 4) is 9.75 Å². The van der Waals surface area contributed by atoms with Crippen LogP contribution in [-0.4, -0.2) is 39.8 Å². The van der Waals surface area contributed by atoms with Crippen molar-refractivity contribution in [1.82, 2.24) is 9.80 Å². The number of thiocarbonyl (C=S) groups is 1. The lowest BCUT2D eigenvalue weighted by atomic mass is 9.92. The van der Waals surface area contributed by atoms with Crippen LogP contribution in [0.2, 0.25) is 0 Å². The minimum Gasteiger partial charge on any atom is -0.456 e. The second kappa shape index (κ2) is 14.9. The molecule has 1 atom stereocenters. The fourth-order valence-electron chi connectivity index (χ4n) is 6.90. The molecule has 1 aliphatic carbocycles. The molecule has 4 heterocycles. The number of allylic oxidation sites excluding steroid dienone is 3. The Morgan fingerprint density at radius 1 is 0.720 bits per heavy atom. The molecule has 0 N–H and O–H groups in total. The first-order chi connectivity index (χ1) is 24.4. The van der Waals surface area contributed by atoms with E-state index in [1.54, 1.807) is 17.4 Å². The molecule has 50 heavy (non-hydrogen) atoms. The van der Waals surface area contributed by atoms with Crippen LogP contribution in [0.1, 0.15) is 90.8 Å². The molecule has 3 aliphatic rings. The van der Waals surface area contributed by atoms with Crippen LogP contribution in [-0.2, 0) is 14.3 Å². The number of hydrogen-bond acceptors (Lipinski definition) is 6. The maximum atomic E-state index is 13.4. The Kier molecular flexibility index (Phi) is 10.1. The molecule has 2 aromatic carbocycles. The molecule has 254 valence electrons. The Bertz CT molecular complexity index is 1980. The van der Waals surface area contributed by atoms with Crippen molar-refractivity contribution < 1.29 is 14.3 Å². The third-order valence-electron chi connectivity index (χ3n) is 9.44. The summed E-state index contributed by atoms with van der Waals surface area (Å²) in [4.78, 5) is 34.5. The van der Waals surface area contributed by atoms with Crippen molar-refractivity contribution in [2.45, 2.75) is 58.8 Å². The van der Waals surface area contributed by atoms with E-state index >= 15 is 0 Å². The number of benzene rings is 2. The van der Waals surface area contributed by atoms with Gasteiger partial charge in [0.25, 0.3) is 11.8 Å². The van der Waals surface area contributed by atoms with E-state index in [2.05, 4.69) is 61.5 Å². The van der Waals surface area contributed by atoms with Crippen molar-refractivity contribution in [1.29, 1.82) is 0 Å². The largest absolute Gasteiger partial charge is 0.456 e. The third kappa shape index (κ3) is 6.60. The summed E-state index contributed by atoms with van der Waals surface area (Å²) >= 11 is 8.97. The van der Waals surface area contributed by atoms with Crippen molar-refractivity contribution in [2.24, 2.45) is 0 Å². The summed E-state index contributed by atoms with van der Waals surface area (Å²) in [6, 6.07) is 25.1. The normalized spacial score (nSPS) is 17.0. The molecule has 2 aromatic heterocycles. The van der Waals surface area contributed by atoms with E-state index in [9.17, 15) is 9.59 Å². The van der Waals surface area contributed by atoms with Crippen LogP contribution < -0.4 is 0 Å². The zero-order valence-electron chi connectivity index (χ0n) is 28.6. The molecule has 2 aliphatic heterocycles. The minimum absolute atomic E-state index is 0.181. The van der Waals surface area contributed by atoms with E-state index in [1.165, 1.54) is 54.8 Å². The van der Waals surface area contributed by atoms with E-state index in [-0.39, 0.29) is 28.4 Å². The SMILES string of the molecule is CCCCCCC1c2cc(C=C3C=C(c4ccccc4)OC(c4ccccc4)=C3)sc2-c2sc(C=C3C(=O)N(CC)C(=S)N(CC)C3=O)cc21. The van der Waals surface area contributed by atoms with Gasteiger partial charge in [-0.15, -0.1) is 22.7 Å². The summed E-state index contributed by atoms with van der Waals surface area (Å²) in [7, 11) is 0. The predicted molar refractivity (Wildman–Crippen MR) is 211 cm³/mol. The van der Waals surface area contributed by atoms with Crippen molar-refractivity contribution in [3.63, 3.8) is 0 Å². The van der Waals surface area contributed by atoms with Gasteiger partial charge in [0.15, 0.2) is 5.11 Å². The fourth-order valence-corrected chi connectivity index (χ4v) is 9.85. The lowest BCUT2D eigenvalue weighted by Crippen LogP contribution is -2.55. The van der Waals surface area contributed by atoms with Gasteiger partial charge in [0, 0.05) is 49.6 Å². The van der Waals surface area contributed by atoms with Gasteiger partial charge in [-0.3, -0.25) is 19.4 Å². The summed E-state index contributed by atoms with van der Waals surface area (Å²) in [6.07, 6.45) is 14.2. The molecule has 0 spiro atoms. The maximum absolute atomic E-state index is 13.4. The molecule has 8 heteroatoms. The lowest BCUT2D eigenvalue weighted by Gasteiger charge is -2.35. The summed E-state index contributed by atoms with van der Waals surface area (Å²) in [5.41, 5.74) is 6.03. The number of unbranched alkanes of at least 4 members (excludes halogenated alkanes) is 3. The number of carbonyl (C=O) groups excluding carboxylic acids is 2. The highest BCUT2D eigenvalue weighted by molar-refractivity contribution is 7.80. The molecular weight excluding hydrogens is 677 g/mol. The summed E-state index contributed by atoms with van der Waals surface area (Å²) in [5, 5.41) is 0.286. The Balaban J connectivity index is 1.27. The molecule has 1 unspecified atom stereocenters. The quantitative estimate of drug-likeness (QED) is 0.0671. The highest BCUT2D eigenvalue weighted by atomic mass is 32.1. The van der Waals surface area contributed by atoms with E-state index in [4.69, 9.17) is 17.0 Å². The van der Waals surface area contributed by atoms with Crippen LogP contribution in [0.4, 0.5) is 0 Å². The number of thiophene rings is 2. The van der Waals surface area contributed by atoms with E-state index in [1.807, 2.05) is 61.6 Å². The average molecular weight is 717 g/mol. The van der Waals surface area contributed by atoms with Gasteiger partial charge in [-0.05, 0) is 85.6 Å². The second-order valence-electron chi connectivity index (χ2n) is 12.7. The molecule has 7 rings (SSSR count). The lowest BCUT2D eigenvalue weighted by molar-refractivity contribution is -0.133. The van der Waals surface area contributed by atoms with E-state index < -0.39 is 0 Å². The zero-order valence-corrected chi connectivity index (χ0v) is 31.1. The standard InChI is InChI=1S/C42H40N2O3S3/c1-4-7-8-15-20-32-33-24-30(21-27-22-36(28-16-11-9-12-17-28)47-37(23-27)29-18-13-10-14-19-29)49-38(33)39-34(32)25-31(50-39)26-35-40(45)43(5-2)42(48)44(6-3)41(35)46/h9-14,16-19,21-26,32H,4-8,15,20H2,1-3H3. The van der Waals surface area contributed by atoms with E-state index in [0.29, 0.717) is 13.1 Å². The van der Waals surface area contributed by atoms with Crippen LogP contribution in [0.25, 0.3) is 33.4 Å². The zero-order chi connectivity index (χ0) is 34.8. The molecule has 0 saturated carbocycles. The maximum Gasteiger partial charge on any atom is 0.265 e. The molecular formula is C42H40N2O3S3. The molecule has 4 aromatic rings. The Morgan fingerprint density at radius 3 is 1.74 bits per heavy atom. The number of ether oxygens (including phenoxy) is 1. The average Bonchev–Trinajstić information content (AvgIpc) is 3.81. The van der Waals surface area contributed by atoms with E-state index in [0.717, 1.165) is 45.9 Å². The minimum atomic E-state index is -0.315. The Hall–Kier alpha value is -4.37. The molecule has 0 radical (unpaired) electrons. The highest BCUT2D eigenvalue weighted by Crippen LogP contribution is 2.55. The van der Waals surface area contributed by atoms with Gasteiger partial charge in [-0.1, -0.05) is 93.3 Å². The fraction of sp³-hybridized carbons (Fsp3) is 0.262. The van der Waals surface area contributed by atoms with Crippen molar-refractivity contribution >= 4 is 75.5 Å². The molecule has 0 bridgehead atoms. The van der Waals surface area contributed by atoms with Crippen LogP contribution in [0, 0.1) is 0 Å².